The van der Waals surface area contributed by atoms with E-state index >= 15 is 0 Å². The smallest absolute Gasteiger partial charge is 0.311 e. The molecule has 0 saturated carbocycles. The maximum absolute atomic E-state index is 11.4. The molecule has 94 valence electrons. The Hall–Kier alpha value is -1.32. The summed E-state index contributed by atoms with van der Waals surface area (Å²) >= 11 is 7.71. The van der Waals surface area contributed by atoms with Crippen molar-refractivity contribution < 1.29 is 9.90 Å². The molecule has 2 rings (SSSR count). The molecule has 0 saturated heterocycles. The number of carboxylic acids is 1. The maximum atomic E-state index is 11.4. The van der Waals surface area contributed by atoms with E-state index in [1.54, 1.807) is 23.5 Å². The highest BCUT2D eigenvalue weighted by atomic mass is 35.5. The van der Waals surface area contributed by atoms with E-state index in [4.69, 9.17) is 11.6 Å². The van der Waals surface area contributed by atoms with E-state index in [1.165, 1.54) is 4.88 Å². The zero-order valence-electron chi connectivity index (χ0n) is 9.67. The first kappa shape index (κ1) is 13.1. The second-order valence-electron chi connectivity index (χ2n) is 4.03. The summed E-state index contributed by atoms with van der Waals surface area (Å²) in [5.41, 5.74) is 0.697. The zero-order chi connectivity index (χ0) is 13.0. The molecule has 1 unspecified atom stereocenters. The van der Waals surface area contributed by atoms with Gasteiger partial charge in [-0.2, -0.15) is 0 Å². The van der Waals surface area contributed by atoms with Gasteiger partial charge in [-0.3, -0.25) is 4.79 Å². The molecule has 2 nitrogen and oxygen atoms in total. The van der Waals surface area contributed by atoms with Crippen LogP contribution in [0.25, 0.3) is 0 Å². The molecule has 0 amide bonds. The molecule has 1 atom stereocenters. The number of carbonyl (C=O) groups is 1. The fraction of sp³-hybridized carbons (Fsp3) is 0.214. The topological polar surface area (TPSA) is 37.3 Å². The first-order chi connectivity index (χ1) is 8.68. The molecule has 0 spiro atoms. The summed E-state index contributed by atoms with van der Waals surface area (Å²) in [4.78, 5) is 12.6. The Balaban J connectivity index is 2.14. The SMILES string of the molecule is O=C(O)C(CCc1cccs1)c1ccccc1Cl. The molecule has 1 N–H and O–H groups in total. The second-order valence-corrected chi connectivity index (χ2v) is 5.47. The summed E-state index contributed by atoms with van der Waals surface area (Å²) in [6.07, 6.45) is 1.33. The average Bonchev–Trinajstić information content (AvgIpc) is 2.84. The highest BCUT2D eigenvalue weighted by Crippen LogP contribution is 2.29. The normalized spacial score (nSPS) is 12.3. The lowest BCUT2D eigenvalue weighted by molar-refractivity contribution is -0.138. The van der Waals surface area contributed by atoms with Gasteiger partial charge in [-0.15, -0.1) is 11.3 Å². The van der Waals surface area contributed by atoms with Gasteiger partial charge in [0.25, 0.3) is 0 Å². The summed E-state index contributed by atoms with van der Waals surface area (Å²) in [6.45, 7) is 0. The van der Waals surface area contributed by atoms with Gasteiger partial charge in [0.1, 0.15) is 0 Å². The fourth-order valence-corrected chi connectivity index (χ4v) is 2.90. The number of halogens is 1. The summed E-state index contributed by atoms with van der Waals surface area (Å²) in [5, 5.41) is 11.8. The highest BCUT2D eigenvalue weighted by molar-refractivity contribution is 7.09. The number of aryl methyl sites for hydroxylation is 1. The first-order valence-electron chi connectivity index (χ1n) is 5.68. The molecule has 0 aliphatic rings. The monoisotopic (exact) mass is 280 g/mol. The Kier molecular flexibility index (Phi) is 4.39. The average molecular weight is 281 g/mol. The molecule has 2 aromatic rings. The predicted molar refractivity (Wildman–Crippen MR) is 74.5 cm³/mol. The Morgan fingerprint density at radius 2 is 2.06 bits per heavy atom. The minimum absolute atomic E-state index is 0.524. The molecule has 4 heteroatoms. The van der Waals surface area contributed by atoms with Crippen LogP contribution >= 0.6 is 22.9 Å². The van der Waals surface area contributed by atoms with Gasteiger partial charge in [-0.1, -0.05) is 35.9 Å². The Morgan fingerprint density at radius 3 is 2.67 bits per heavy atom. The predicted octanol–water partition coefficient (Wildman–Crippen LogP) is 4.20. The van der Waals surface area contributed by atoms with Crippen LogP contribution in [0.15, 0.2) is 41.8 Å². The van der Waals surface area contributed by atoms with Gasteiger partial charge < -0.3 is 5.11 Å². The zero-order valence-corrected chi connectivity index (χ0v) is 11.2. The van der Waals surface area contributed by atoms with Crippen molar-refractivity contribution in [3.8, 4) is 0 Å². The van der Waals surface area contributed by atoms with Gasteiger partial charge in [0.05, 0.1) is 5.92 Å². The molecule has 0 radical (unpaired) electrons. The van der Waals surface area contributed by atoms with E-state index in [-0.39, 0.29) is 0 Å². The van der Waals surface area contributed by atoms with Crippen LogP contribution in [-0.4, -0.2) is 11.1 Å². The van der Waals surface area contributed by atoms with Crippen LogP contribution in [0.4, 0.5) is 0 Å². The third-order valence-electron chi connectivity index (χ3n) is 2.84. The molecule has 1 aromatic heterocycles. The number of rotatable bonds is 5. The van der Waals surface area contributed by atoms with Crippen molar-refractivity contribution in [2.45, 2.75) is 18.8 Å². The Bertz CT molecular complexity index is 522. The van der Waals surface area contributed by atoms with Crippen LogP contribution in [0.1, 0.15) is 22.8 Å². The standard InChI is InChI=1S/C14H13ClO2S/c15-13-6-2-1-5-11(13)12(14(16)17)8-7-10-4-3-9-18-10/h1-6,9,12H,7-8H2,(H,16,17). The number of benzene rings is 1. The van der Waals surface area contributed by atoms with Gasteiger partial charge >= 0.3 is 5.97 Å². The van der Waals surface area contributed by atoms with Crippen molar-refractivity contribution in [2.24, 2.45) is 0 Å². The van der Waals surface area contributed by atoms with Gasteiger partial charge in [-0.25, -0.2) is 0 Å². The van der Waals surface area contributed by atoms with Gasteiger partial charge in [-0.05, 0) is 35.9 Å². The third kappa shape index (κ3) is 3.12. The van der Waals surface area contributed by atoms with Crippen molar-refractivity contribution >= 4 is 28.9 Å². The van der Waals surface area contributed by atoms with Crippen LogP contribution in [0.3, 0.4) is 0 Å². The van der Waals surface area contributed by atoms with Crippen LogP contribution in [-0.2, 0) is 11.2 Å². The summed E-state index contributed by atoms with van der Waals surface area (Å²) < 4.78 is 0. The van der Waals surface area contributed by atoms with Crippen molar-refractivity contribution in [3.05, 3.63) is 57.2 Å². The fourth-order valence-electron chi connectivity index (χ4n) is 1.91. The lowest BCUT2D eigenvalue weighted by atomic mass is 9.94. The van der Waals surface area contributed by atoms with Gasteiger partial charge in [0.15, 0.2) is 0 Å². The van der Waals surface area contributed by atoms with Crippen LogP contribution < -0.4 is 0 Å². The minimum atomic E-state index is -0.820. The summed E-state index contributed by atoms with van der Waals surface area (Å²) in [5.74, 6) is -1.36. The lowest BCUT2D eigenvalue weighted by Gasteiger charge is -2.13. The van der Waals surface area contributed by atoms with Gasteiger partial charge in [0, 0.05) is 9.90 Å². The number of carboxylic acid groups (broad SMARTS) is 1. The van der Waals surface area contributed by atoms with E-state index in [0.717, 1.165) is 6.42 Å². The lowest BCUT2D eigenvalue weighted by Crippen LogP contribution is -2.13. The number of aliphatic carboxylic acids is 1. The molecule has 0 bridgehead atoms. The quantitative estimate of drug-likeness (QED) is 0.891. The molecule has 1 heterocycles. The molecule has 0 aliphatic carbocycles. The minimum Gasteiger partial charge on any atom is -0.481 e. The second kappa shape index (κ2) is 6.03. The summed E-state index contributed by atoms with van der Waals surface area (Å²) in [6, 6.07) is 11.2. The molecule has 0 aliphatic heterocycles. The van der Waals surface area contributed by atoms with E-state index in [1.807, 2.05) is 29.6 Å². The van der Waals surface area contributed by atoms with Crippen molar-refractivity contribution in [3.63, 3.8) is 0 Å². The van der Waals surface area contributed by atoms with E-state index in [9.17, 15) is 9.90 Å². The van der Waals surface area contributed by atoms with Crippen molar-refractivity contribution in [1.29, 1.82) is 0 Å². The van der Waals surface area contributed by atoms with Crippen LogP contribution in [0, 0.1) is 0 Å². The van der Waals surface area contributed by atoms with Crippen molar-refractivity contribution in [2.75, 3.05) is 0 Å². The molecule has 1 aromatic carbocycles. The maximum Gasteiger partial charge on any atom is 0.311 e. The largest absolute Gasteiger partial charge is 0.481 e. The van der Waals surface area contributed by atoms with E-state index < -0.39 is 11.9 Å². The number of hydrogen-bond acceptors (Lipinski definition) is 2. The molecule has 0 fully saturated rings. The van der Waals surface area contributed by atoms with E-state index in [2.05, 4.69) is 0 Å². The molecular formula is C14H13ClO2S. The molecular weight excluding hydrogens is 268 g/mol. The van der Waals surface area contributed by atoms with Crippen LogP contribution in [0.5, 0.6) is 0 Å². The van der Waals surface area contributed by atoms with Gasteiger partial charge in [0.2, 0.25) is 0 Å². The molecule has 18 heavy (non-hydrogen) atoms. The van der Waals surface area contributed by atoms with E-state index in [0.29, 0.717) is 17.0 Å². The Labute approximate surface area is 115 Å². The highest BCUT2D eigenvalue weighted by Gasteiger charge is 2.21. The van der Waals surface area contributed by atoms with Crippen molar-refractivity contribution in [1.82, 2.24) is 0 Å². The number of hydrogen-bond donors (Lipinski definition) is 1. The first-order valence-corrected chi connectivity index (χ1v) is 6.94. The Morgan fingerprint density at radius 1 is 1.28 bits per heavy atom. The number of thiophene rings is 1. The summed E-state index contributed by atoms with van der Waals surface area (Å²) in [7, 11) is 0. The third-order valence-corrected chi connectivity index (χ3v) is 4.12. The van der Waals surface area contributed by atoms with Crippen LogP contribution in [0.2, 0.25) is 5.02 Å².